The van der Waals surface area contributed by atoms with Crippen LogP contribution in [0.1, 0.15) is 44.6 Å². The highest BCUT2D eigenvalue weighted by atomic mass is 35.5. The van der Waals surface area contributed by atoms with Gasteiger partial charge in [0.25, 0.3) is 5.91 Å². The van der Waals surface area contributed by atoms with Crippen molar-refractivity contribution in [2.24, 2.45) is 5.92 Å². The lowest BCUT2D eigenvalue weighted by atomic mass is 9.87. The predicted molar refractivity (Wildman–Crippen MR) is 90.5 cm³/mol. The fourth-order valence-electron chi connectivity index (χ4n) is 3.33. The number of carbonyl (C=O) groups is 2. The molecule has 0 unspecified atom stereocenters. The van der Waals surface area contributed by atoms with Gasteiger partial charge in [0.2, 0.25) is 0 Å². The highest BCUT2D eigenvalue weighted by Gasteiger charge is 2.38. The molecule has 1 fully saturated rings. The molecule has 1 aliphatic carbocycles. The number of hydrogen-bond donors (Lipinski definition) is 0. The second kappa shape index (κ2) is 6.75. The minimum absolute atomic E-state index is 0.222. The van der Waals surface area contributed by atoms with E-state index in [0.29, 0.717) is 22.2 Å². The number of fused-ring (bicyclic) bond motifs is 1. The van der Waals surface area contributed by atoms with E-state index in [1.807, 2.05) is 12.1 Å². The first-order valence-corrected chi connectivity index (χ1v) is 8.52. The summed E-state index contributed by atoms with van der Waals surface area (Å²) in [4.78, 5) is 26.1. The molecule has 1 saturated carbocycles. The molecule has 5 heteroatoms. The van der Waals surface area contributed by atoms with Gasteiger partial charge in [-0.1, -0.05) is 43.0 Å². The molecule has 0 spiro atoms. The lowest BCUT2D eigenvalue weighted by molar-refractivity contribution is -0.112. The molecule has 1 aromatic rings. The average Bonchev–Trinajstić information content (AvgIpc) is 2.80. The molecule has 0 radical (unpaired) electrons. The van der Waals surface area contributed by atoms with Crippen molar-refractivity contribution in [2.45, 2.75) is 39.0 Å². The summed E-state index contributed by atoms with van der Waals surface area (Å²) in [5.74, 6) is 0.0830. The highest BCUT2D eigenvalue weighted by molar-refractivity contribution is 6.40. The maximum Gasteiger partial charge on any atom is 0.421 e. The molecule has 0 aromatic heterocycles. The molecule has 0 atom stereocenters. The molecule has 122 valence electrons. The van der Waals surface area contributed by atoms with Crippen LogP contribution < -0.4 is 4.90 Å². The Morgan fingerprint density at radius 2 is 2.09 bits per heavy atom. The van der Waals surface area contributed by atoms with Gasteiger partial charge in [0, 0.05) is 16.2 Å². The van der Waals surface area contributed by atoms with E-state index in [-0.39, 0.29) is 12.5 Å². The van der Waals surface area contributed by atoms with Gasteiger partial charge in [-0.15, -0.1) is 0 Å². The van der Waals surface area contributed by atoms with Crippen molar-refractivity contribution in [1.29, 1.82) is 0 Å². The lowest BCUT2D eigenvalue weighted by Crippen LogP contribution is -2.34. The molecule has 2 aliphatic rings. The first kappa shape index (κ1) is 16.1. The van der Waals surface area contributed by atoms with Crippen LogP contribution in [-0.4, -0.2) is 18.6 Å². The van der Waals surface area contributed by atoms with Crippen molar-refractivity contribution in [3.63, 3.8) is 0 Å². The van der Waals surface area contributed by atoms with Gasteiger partial charge in [0.15, 0.2) is 0 Å². The minimum Gasteiger partial charge on any atom is -0.449 e. The van der Waals surface area contributed by atoms with Crippen LogP contribution in [0.3, 0.4) is 0 Å². The standard InChI is InChI=1S/C18H20ClNO3/c1-2-23-18(22)20-16-11-13(19)8-9-14(16)15(17(20)21)10-12-6-4-3-5-7-12/h8-12H,2-7H2,1H3. The van der Waals surface area contributed by atoms with E-state index in [9.17, 15) is 9.59 Å². The summed E-state index contributed by atoms with van der Waals surface area (Å²) in [5.41, 5.74) is 1.87. The Balaban J connectivity index is 2.00. The topological polar surface area (TPSA) is 46.6 Å². The predicted octanol–water partition coefficient (Wildman–Crippen LogP) is 4.81. The van der Waals surface area contributed by atoms with E-state index >= 15 is 0 Å². The van der Waals surface area contributed by atoms with Crippen molar-refractivity contribution < 1.29 is 14.3 Å². The fraction of sp³-hybridized carbons (Fsp3) is 0.444. The molecule has 1 aromatic carbocycles. The first-order chi connectivity index (χ1) is 11.1. The van der Waals surface area contributed by atoms with Gasteiger partial charge >= 0.3 is 6.09 Å². The van der Waals surface area contributed by atoms with E-state index in [2.05, 4.69) is 0 Å². The zero-order valence-corrected chi connectivity index (χ0v) is 13.9. The van der Waals surface area contributed by atoms with Crippen LogP contribution in [0.4, 0.5) is 10.5 Å². The maximum atomic E-state index is 12.8. The van der Waals surface area contributed by atoms with Crippen LogP contribution in [0, 0.1) is 5.92 Å². The number of hydrogen-bond acceptors (Lipinski definition) is 3. The second-order valence-electron chi connectivity index (χ2n) is 5.98. The zero-order valence-electron chi connectivity index (χ0n) is 13.2. The number of imide groups is 1. The summed E-state index contributed by atoms with van der Waals surface area (Å²) in [7, 11) is 0. The van der Waals surface area contributed by atoms with Gasteiger partial charge in [-0.2, -0.15) is 0 Å². The summed E-state index contributed by atoms with van der Waals surface area (Å²) in [5, 5.41) is 0.491. The average molecular weight is 334 g/mol. The molecule has 23 heavy (non-hydrogen) atoms. The minimum atomic E-state index is -0.645. The van der Waals surface area contributed by atoms with Crippen LogP contribution in [-0.2, 0) is 9.53 Å². The van der Waals surface area contributed by atoms with Crippen molar-refractivity contribution >= 4 is 34.9 Å². The van der Waals surface area contributed by atoms with Gasteiger partial charge in [0.1, 0.15) is 0 Å². The highest BCUT2D eigenvalue weighted by Crippen LogP contribution is 2.40. The Labute approximate surface area is 141 Å². The van der Waals surface area contributed by atoms with Gasteiger partial charge in [-0.05, 0) is 37.8 Å². The van der Waals surface area contributed by atoms with Crippen LogP contribution >= 0.6 is 11.6 Å². The monoisotopic (exact) mass is 333 g/mol. The number of amides is 2. The van der Waals surface area contributed by atoms with Crippen LogP contribution in [0.15, 0.2) is 24.3 Å². The SMILES string of the molecule is CCOC(=O)N1C(=O)C(=CC2CCCCC2)c2ccc(Cl)cc21. The number of halogens is 1. The third kappa shape index (κ3) is 3.13. The third-order valence-corrected chi connectivity index (χ3v) is 4.66. The van der Waals surface area contributed by atoms with Crippen molar-refractivity contribution in [3.05, 3.63) is 34.9 Å². The van der Waals surface area contributed by atoms with Gasteiger partial charge in [-0.25, -0.2) is 9.69 Å². The fourth-order valence-corrected chi connectivity index (χ4v) is 3.50. The zero-order chi connectivity index (χ0) is 16.4. The smallest absolute Gasteiger partial charge is 0.421 e. The number of allylic oxidation sites excluding steroid dienone is 1. The van der Waals surface area contributed by atoms with E-state index < -0.39 is 6.09 Å². The molecule has 1 heterocycles. The molecule has 0 bridgehead atoms. The molecule has 0 N–H and O–H groups in total. The summed E-state index contributed by atoms with van der Waals surface area (Å²) in [6.07, 6.45) is 7.23. The van der Waals surface area contributed by atoms with Gasteiger partial charge in [0.05, 0.1) is 12.3 Å². The van der Waals surface area contributed by atoms with Crippen LogP contribution in [0.2, 0.25) is 5.02 Å². The van der Waals surface area contributed by atoms with E-state index in [1.54, 1.807) is 19.1 Å². The van der Waals surface area contributed by atoms with Gasteiger partial charge < -0.3 is 4.74 Å². The van der Waals surface area contributed by atoms with Gasteiger partial charge in [-0.3, -0.25) is 4.79 Å². The van der Waals surface area contributed by atoms with Crippen LogP contribution in [0.5, 0.6) is 0 Å². The van der Waals surface area contributed by atoms with E-state index in [4.69, 9.17) is 16.3 Å². The molecule has 3 rings (SSSR count). The van der Waals surface area contributed by atoms with Crippen molar-refractivity contribution in [2.75, 3.05) is 11.5 Å². The normalized spacial score (nSPS) is 20.0. The van der Waals surface area contributed by atoms with Crippen LogP contribution in [0.25, 0.3) is 5.57 Å². The largest absolute Gasteiger partial charge is 0.449 e. The Kier molecular flexibility index (Phi) is 4.71. The number of ether oxygens (including phenoxy) is 1. The summed E-state index contributed by atoms with van der Waals surface area (Å²) in [6, 6.07) is 5.20. The molecule has 1 aliphatic heterocycles. The second-order valence-corrected chi connectivity index (χ2v) is 6.42. The molecule has 4 nitrogen and oxygen atoms in total. The number of nitrogens with zero attached hydrogens (tertiary/aromatic N) is 1. The number of anilines is 1. The number of benzene rings is 1. The van der Waals surface area contributed by atoms with Crippen molar-refractivity contribution in [3.8, 4) is 0 Å². The summed E-state index contributed by atoms with van der Waals surface area (Å²) in [6.45, 7) is 1.94. The molecule has 2 amide bonds. The lowest BCUT2D eigenvalue weighted by Gasteiger charge is -2.18. The van der Waals surface area contributed by atoms with Crippen molar-refractivity contribution in [1.82, 2.24) is 0 Å². The Bertz CT molecular complexity index is 662. The first-order valence-electron chi connectivity index (χ1n) is 8.14. The Hall–Kier alpha value is -1.81. The number of carbonyl (C=O) groups excluding carboxylic acids is 2. The Morgan fingerprint density at radius 1 is 1.35 bits per heavy atom. The molecular weight excluding hydrogens is 314 g/mol. The summed E-state index contributed by atoms with van der Waals surface area (Å²) < 4.78 is 5.03. The third-order valence-electron chi connectivity index (χ3n) is 4.43. The molecular formula is C18H20ClNO3. The van der Waals surface area contributed by atoms with E-state index in [0.717, 1.165) is 23.3 Å². The summed E-state index contributed by atoms with van der Waals surface area (Å²) >= 11 is 6.05. The maximum absolute atomic E-state index is 12.8. The molecule has 0 saturated heterocycles. The quantitative estimate of drug-likeness (QED) is 0.730. The number of rotatable bonds is 2. The Morgan fingerprint density at radius 3 is 2.78 bits per heavy atom. The van der Waals surface area contributed by atoms with E-state index in [1.165, 1.54) is 19.3 Å².